The van der Waals surface area contributed by atoms with Gasteiger partial charge >= 0.3 is 6.03 Å². The molecule has 3 amide bonds. The Morgan fingerprint density at radius 3 is 2.43 bits per heavy atom. The number of nitrogens with zero attached hydrogens (tertiary/aromatic N) is 3. The van der Waals surface area contributed by atoms with Crippen LogP contribution < -0.4 is 15.5 Å². The average Bonchev–Trinajstić information content (AvgIpc) is 3.21. The molecule has 1 saturated heterocycles. The van der Waals surface area contributed by atoms with Crippen molar-refractivity contribution in [1.29, 1.82) is 0 Å². The van der Waals surface area contributed by atoms with Gasteiger partial charge in [-0.1, -0.05) is 0 Å². The van der Waals surface area contributed by atoms with Gasteiger partial charge in [0.15, 0.2) is 0 Å². The third-order valence-corrected chi connectivity index (χ3v) is 4.42. The molecule has 28 heavy (non-hydrogen) atoms. The molecular weight excluding hydrogens is 366 g/mol. The molecule has 0 unspecified atom stereocenters. The predicted molar refractivity (Wildman–Crippen MR) is 101 cm³/mol. The summed E-state index contributed by atoms with van der Waals surface area (Å²) in [5.41, 5.74) is 0.969. The second-order valence-corrected chi connectivity index (χ2v) is 6.35. The van der Waals surface area contributed by atoms with Crippen LogP contribution in [0.3, 0.4) is 0 Å². The van der Waals surface area contributed by atoms with Gasteiger partial charge in [0.2, 0.25) is 5.91 Å². The first-order valence-corrected chi connectivity index (χ1v) is 8.83. The Morgan fingerprint density at radius 1 is 1.11 bits per heavy atom. The summed E-state index contributed by atoms with van der Waals surface area (Å²) in [7, 11) is 0. The maximum Gasteiger partial charge on any atom is 0.321 e. The van der Waals surface area contributed by atoms with Crippen molar-refractivity contribution in [1.82, 2.24) is 15.5 Å². The smallest absolute Gasteiger partial charge is 0.321 e. The van der Waals surface area contributed by atoms with Crippen molar-refractivity contribution in [2.24, 2.45) is 0 Å². The maximum absolute atomic E-state index is 12.0. The molecule has 1 aromatic heterocycles. The molecule has 1 aromatic carbocycles. The van der Waals surface area contributed by atoms with E-state index in [1.165, 1.54) is 18.4 Å². The van der Waals surface area contributed by atoms with Crippen molar-refractivity contribution in [2.75, 3.05) is 37.6 Å². The molecule has 10 nitrogen and oxygen atoms in total. The molecule has 2 aromatic rings. The number of carbonyl (C=O) groups excluding carboxylic acids is 2. The molecule has 0 spiro atoms. The van der Waals surface area contributed by atoms with Gasteiger partial charge < -0.3 is 14.6 Å². The Morgan fingerprint density at radius 2 is 1.82 bits per heavy atom. The highest BCUT2D eigenvalue weighted by Crippen LogP contribution is 2.20. The van der Waals surface area contributed by atoms with Crippen LogP contribution in [0.2, 0.25) is 0 Å². The summed E-state index contributed by atoms with van der Waals surface area (Å²) in [6.07, 6.45) is 1.51. The monoisotopic (exact) mass is 387 g/mol. The largest absolute Gasteiger partial charge is 0.467 e. The number of carbonyl (C=O) groups is 2. The summed E-state index contributed by atoms with van der Waals surface area (Å²) in [4.78, 5) is 38.1. The van der Waals surface area contributed by atoms with Crippen molar-refractivity contribution in [3.05, 3.63) is 58.5 Å². The third kappa shape index (κ3) is 5.30. The Kier molecular flexibility index (Phi) is 6.22. The number of hydrogen-bond donors (Lipinski definition) is 2. The molecule has 0 radical (unpaired) electrons. The van der Waals surface area contributed by atoms with Crippen molar-refractivity contribution < 1.29 is 18.9 Å². The zero-order valence-electron chi connectivity index (χ0n) is 15.2. The number of hydrogen-bond acceptors (Lipinski definition) is 7. The van der Waals surface area contributed by atoms with E-state index in [0.717, 1.165) is 5.69 Å². The molecule has 2 N–H and O–H groups in total. The van der Waals surface area contributed by atoms with Gasteiger partial charge in [-0.3, -0.25) is 25.1 Å². The fourth-order valence-electron chi connectivity index (χ4n) is 2.94. The fraction of sp³-hybridized carbons (Fsp3) is 0.333. The summed E-state index contributed by atoms with van der Waals surface area (Å²) >= 11 is 0. The molecule has 1 aliphatic heterocycles. The van der Waals surface area contributed by atoms with Gasteiger partial charge in [-0.05, 0) is 24.3 Å². The Labute approximate surface area is 161 Å². The van der Waals surface area contributed by atoms with E-state index in [1.807, 2.05) is 4.90 Å². The Hall–Kier alpha value is -3.40. The molecule has 0 aliphatic carbocycles. The zero-order chi connectivity index (χ0) is 19.9. The SMILES string of the molecule is O=C(CN1CCN(c2ccc([N+](=O)[O-])cc2)CC1)NC(=O)NCc1ccco1. The van der Waals surface area contributed by atoms with E-state index in [9.17, 15) is 19.7 Å². The minimum atomic E-state index is -0.564. The van der Waals surface area contributed by atoms with Crippen LogP contribution in [0.1, 0.15) is 5.76 Å². The number of furan rings is 1. The van der Waals surface area contributed by atoms with Crippen molar-refractivity contribution in [2.45, 2.75) is 6.54 Å². The van der Waals surface area contributed by atoms with Gasteiger partial charge in [-0.15, -0.1) is 0 Å². The van der Waals surface area contributed by atoms with Crippen molar-refractivity contribution >= 4 is 23.3 Å². The van der Waals surface area contributed by atoms with Gasteiger partial charge in [0.25, 0.3) is 5.69 Å². The quantitative estimate of drug-likeness (QED) is 0.567. The number of anilines is 1. The van der Waals surface area contributed by atoms with E-state index in [-0.39, 0.29) is 24.7 Å². The summed E-state index contributed by atoms with van der Waals surface area (Å²) in [5, 5.41) is 15.6. The lowest BCUT2D eigenvalue weighted by atomic mass is 10.2. The van der Waals surface area contributed by atoms with Crippen LogP contribution in [0.5, 0.6) is 0 Å². The highest BCUT2D eigenvalue weighted by atomic mass is 16.6. The van der Waals surface area contributed by atoms with Crippen LogP contribution in [0, 0.1) is 10.1 Å². The predicted octanol–water partition coefficient (Wildman–Crippen LogP) is 1.34. The minimum Gasteiger partial charge on any atom is -0.467 e. The fourth-order valence-corrected chi connectivity index (χ4v) is 2.94. The second-order valence-electron chi connectivity index (χ2n) is 6.35. The molecule has 1 aliphatic rings. The lowest BCUT2D eigenvalue weighted by molar-refractivity contribution is -0.384. The topological polar surface area (TPSA) is 121 Å². The average molecular weight is 387 g/mol. The second kappa shape index (κ2) is 9.00. The number of nitrogens with one attached hydrogen (secondary N) is 2. The molecule has 0 bridgehead atoms. The molecule has 1 fully saturated rings. The van der Waals surface area contributed by atoms with Crippen LogP contribution in [0.25, 0.3) is 0 Å². The number of rotatable bonds is 6. The summed E-state index contributed by atoms with van der Waals surface area (Å²) < 4.78 is 5.10. The molecule has 2 heterocycles. The number of piperazine rings is 1. The van der Waals surface area contributed by atoms with Crippen LogP contribution in [0.4, 0.5) is 16.2 Å². The minimum absolute atomic E-state index is 0.0596. The molecule has 148 valence electrons. The van der Waals surface area contributed by atoms with E-state index in [0.29, 0.717) is 31.9 Å². The number of urea groups is 1. The van der Waals surface area contributed by atoms with Crippen molar-refractivity contribution in [3.8, 4) is 0 Å². The van der Waals surface area contributed by atoms with E-state index in [4.69, 9.17) is 4.42 Å². The van der Waals surface area contributed by atoms with Gasteiger partial charge in [0.05, 0.1) is 24.3 Å². The number of nitro benzene ring substituents is 1. The van der Waals surface area contributed by atoms with E-state index >= 15 is 0 Å². The van der Waals surface area contributed by atoms with E-state index in [1.54, 1.807) is 24.3 Å². The first-order chi connectivity index (χ1) is 13.5. The molecule has 0 atom stereocenters. The number of nitro groups is 1. The lowest BCUT2D eigenvalue weighted by Crippen LogP contribution is -2.51. The van der Waals surface area contributed by atoms with Crippen LogP contribution in [-0.2, 0) is 11.3 Å². The van der Waals surface area contributed by atoms with E-state index < -0.39 is 11.0 Å². The Bertz CT molecular complexity index is 813. The molecule has 0 saturated carbocycles. The van der Waals surface area contributed by atoms with Crippen LogP contribution >= 0.6 is 0 Å². The van der Waals surface area contributed by atoms with Crippen LogP contribution in [-0.4, -0.2) is 54.5 Å². The maximum atomic E-state index is 12.0. The Balaban J connectivity index is 1.39. The van der Waals surface area contributed by atoms with Gasteiger partial charge in [0, 0.05) is 44.0 Å². The first-order valence-electron chi connectivity index (χ1n) is 8.83. The van der Waals surface area contributed by atoms with Crippen molar-refractivity contribution in [3.63, 3.8) is 0 Å². The summed E-state index contributed by atoms with van der Waals surface area (Å²) in [5.74, 6) is 0.227. The normalized spacial score (nSPS) is 14.5. The zero-order valence-corrected chi connectivity index (χ0v) is 15.2. The molecule has 10 heteroatoms. The first kappa shape index (κ1) is 19.4. The highest BCUT2D eigenvalue weighted by molar-refractivity contribution is 5.95. The highest BCUT2D eigenvalue weighted by Gasteiger charge is 2.20. The van der Waals surface area contributed by atoms with Gasteiger partial charge in [-0.25, -0.2) is 4.79 Å². The molecule has 3 rings (SSSR count). The third-order valence-electron chi connectivity index (χ3n) is 4.42. The van der Waals surface area contributed by atoms with Gasteiger partial charge in [-0.2, -0.15) is 0 Å². The summed E-state index contributed by atoms with van der Waals surface area (Å²) in [6.45, 7) is 3.02. The van der Waals surface area contributed by atoms with Crippen LogP contribution in [0.15, 0.2) is 47.1 Å². The lowest BCUT2D eigenvalue weighted by Gasteiger charge is -2.35. The number of benzene rings is 1. The number of non-ortho nitro benzene ring substituents is 1. The van der Waals surface area contributed by atoms with E-state index in [2.05, 4.69) is 15.5 Å². The summed E-state index contributed by atoms with van der Waals surface area (Å²) in [6, 6.07) is 9.30. The number of imide groups is 1. The standard InChI is InChI=1S/C18H21N5O5/c24-17(20-18(25)19-12-16-2-1-11-28-16)13-21-7-9-22(10-8-21)14-3-5-15(6-4-14)23(26)27/h1-6,11H,7-10,12-13H2,(H2,19,20,24,25). The molecular formula is C18H21N5O5. The number of amides is 3. The van der Waals surface area contributed by atoms with Gasteiger partial charge in [0.1, 0.15) is 5.76 Å².